The largest absolute Gasteiger partial charge is 0.381 e. The van der Waals surface area contributed by atoms with Crippen molar-refractivity contribution in [3.05, 3.63) is 78.6 Å². The molecule has 2 amide bonds. The third kappa shape index (κ3) is 4.10. The van der Waals surface area contributed by atoms with Gasteiger partial charge in [0, 0.05) is 30.4 Å². The number of amides is 2. The number of urea groups is 1. The molecular weight excluding hydrogens is 460 g/mol. The molecule has 1 aliphatic rings. The van der Waals surface area contributed by atoms with Gasteiger partial charge in [-0.25, -0.2) is 23.2 Å². The second kappa shape index (κ2) is 8.83. The van der Waals surface area contributed by atoms with Crippen LogP contribution in [-0.4, -0.2) is 70.1 Å². The van der Waals surface area contributed by atoms with Crippen molar-refractivity contribution in [2.45, 2.75) is 25.1 Å². The first-order valence-electron chi connectivity index (χ1n) is 10.8. The van der Waals surface area contributed by atoms with Crippen LogP contribution in [0.5, 0.6) is 0 Å². The highest BCUT2D eigenvalue weighted by Crippen LogP contribution is 2.35. The molecule has 3 heterocycles. The molecule has 0 radical (unpaired) electrons. The van der Waals surface area contributed by atoms with Crippen molar-refractivity contribution in [2.24, 2.45) is 0 Å². The molecule has 2 aromatic heterocycles. The minimum Gasteiger partial charge on any atom is -0.381 e. The van der Waals surface area contributed by atoms with Crippen molar-refractivity contribution in [1.29, 1.82) is 0 Å². The molecule has 1 fully saturated rings. The molecule has 2 aromatic carbocycles. The minimum atomic E-state index is -1.92. The molecule has 35 heavy (non-hydrogen) atoms. The van der Waals surface area contributed by atoms with Crippen molar-refractivity contribution in [3.63, 3.8) is 0 Å². The van der Waals surface area contributed by atoms with Crippen molar-refractivity contribution < 1.29 is 18.7 Å². The zero-order valence-corrected chi connectivity index (χ0v) is 18.6. The molecule has 0 bridgehead atoms. The molecule has 2 unspecified atom stereocenters. The van der Waals surface area contributed by atoms with E-state index in [1.54, 1.807) is 36.1 Å². The van der Waals surface area contributed by atoms with E-state index in [-0.39, 0.29) is 24.7 Å². The second-order valence-electron chi connectivity index (χ2n) is 8.19. The molecule has 2 atom stereocenters. The number of tetrazole rings is 1. The summed E-state index contributed by atoms with van der Waals surface area (Å²) in [6, 6.07) is 8.74. The number of benzene rings is 2. The van der Waals surface area contributed by atoms with Gasteiger partial charge in [0.25, 0.3) is 0 Å². The molecule has 0 aliphatic carbocycles. The van der Waals surface area contributed by atoms with E-state index in [2.05, 4.69) is 25.5 Å². The van der Waals surface area contributed by atoms with Crippen LogP contribution in [0.25, 0.3) is 5.69 Å². The summed E-state index contributed by atoms with van der Waals surface area (Å²) in [7, 11) is 0. The van der Waals surface area contributed by atoms with Crippen LogP contribution in [0.2, 0.25) is 0 Å². The fourth-order valence-corrected chi connectivity index (χ4v) is 4.31. The highest BCUT2D eigenvalue weighted by molar-refractivity contribution is 5.94. The number of hydrogen-bond donors (Lipinski definition) is 1. The summed E-state index contributed by atoms with van der Waals surface area (Å²) >= 11 is 0. The van der Waals surface area contributed by atoms with Crippen molar-refractivity contribution in [3.8, 4) is 5.69 Å². The Hall–Kier alpha value is -4.26. The summed E-state index contributed by atoms with van der Waals surface area (Å²) in [6.07, 6.45) is 3.98. The summed E-state index contributed by atoms with van der Waals surface area (Å²) in [4.78, 5) is 21.6. The van der Waals surface area contributed by atoms with Crippen LogP contribution in [0.4, 0.5) is 19.3 Å². The summed E-state index contributed by atoms with van der Waals surface area (Å²) < 4.78 is 29.8. The lowest BCUT2D eigenvalue weighted by atomic mass is 9.85. The van der Waals surface area contributed by atoms with E-state index >= 15 is 0 Å². The molecule has 4 aromatic rings. The molecular formula is C22H21F2N9O2. The summed E-state index contributed by atoms with van der Waals surface area (Å²) in [5.41, 5.74) is -0.740. The van der Waals surface area contributed by atoms with Crippen molar-refractivity contribution in [1.82, 2.24) is 39.9 Å². The summed E-state index contributed by atoms with van der Waals surface area (Å²) in [6.45, 7) is 2.07. The Morgan fingerprint density at radius 1 is 1.06 bits per heavy atom. The van der Waals surface area contributed by atoms with Gasteiger partial charge in [0.05, 0.1) is 18.3 Å². The fraction of sp³-hybridized carbons (Fsp3) is 0.273. The molecule has 0 saturated carbocycles. The van der Waals surface area contributed by atoms with Gasteiger partial charge in [-0.3, -0.25) is 4.90 Å². The summed E-state index contributed by atoms with van der Waals surface area (Å²) in [5, 5.41) is 27.3. The molecule has 180 valence electrons. The summed E-state index contributed by atoms with van der Waals surface area (Å²) in [5.74, 6) is -1.68. The average molecular weight is 481 g/mol. The molecule has 1 saturated heterocycles. The predicted molar refractivity (Wildman–Crippen MR) is 118 cm³/mol. The number of nitrogens with zero attached hydrogens (tertiary/aromatic N) is 9. The zero-order chi connectivity index (χ0) is 24.6. The monoisotopic (exact) mass is 481 g/mol. The van der Waals surface area contributed by atoms with Gasteiger partial charge in [-0.2, -0.15) is 5.10 Å². The van der Waals surface area contributed by atoms with Gasteiger partial charge in [-0.05, 0) is 42.5 Å². The van der Waals surface area contributed by atoms with Gasteiger partial charge in [0.2, 0.25) is 0 Å². The van der Waals surface area contributed by atoms with Gasteiger partial charge in [-0.1, -0.05) is 6.07 Å². The van der Waals surface area contributed by atoms with E-state index in [1.165, 1.54) is 39.4 Å². The van der Waals surface area contributed by atoms with Crippen molar-refractivity contribution in [2.75, 3.05) is 18.0 Å². The van der Waals surface area contributed by atoms with E-state index in [4.69, 9.17) is 0 Å². The molecule has 13 heteroatoms. The van der Waals surface area contributed by atoms with Crippen LogP contribution >= 0.6 is 0 Å². The van der Waals surface area contributed by atoms with Gasteiger partial charge < -0.3 is 10.0 Å². The Balaban J connectivity index is 1.43. The Morgan fingerprint density at radius 2 is 1.83 bits per heavy atom. The number of rotatable bonds is 7. The number of hydrogen-bond acceptors (Lipinski definition) is 7. The van der Waals surface area contributed by atoms with Crippen LogP contribution in [0.3, 0.4) is 0 Å². The van der Waals surface area contributed by atoms with E-state index in [1.807, 2.05) is 0 Å². The highest BCUT2D eigenvalue weighted by atomic mass is 19.1. The van der Waals surface area contributed by atoms with Crippen molar-refractivity contribution >= 4 is 11.7 Å². The molecule has 5 rings (SSSR count). The molecule has 0 spiro atoms. The Bertz CT molecular complexity index is 1320. The van der Waals surface area contributed by atoms with Crippen LogP contribution < -0.4 is 4.90 Å². The molecule has 11 nitrogen and oxygen atoms in total. The van der Waals surface area contributed by atoms with E-state index in [9.17, 15) is 18.7 Å². The maximum absolute atomic E-state index is 14.8. The zero-order valence-electron chi connectivity index (χ0n) is 18.6. The van der Waals surface area contributed by atoms with E-state index in [0.29, 0.717) is 24.0 Å². The molecule has 1 aliphatic heterocycles. The lowest BCUT2D eigenvalue weighted by Gasteiger charge is -2.39. The Morgan fingerprint density at radius 3 is 2.49 bits per heavy atom. The van der Waals surface area contributed by atoms with Gasteiger partial charge >= 0.3 is 6.03 Å². The topological polar surface area (TPSA) is 118 Å². The predicted octanol–water partition coefficient (Wildman–Crippen LogP) is 1.75. The van der Waals surface area contributed by atoms with E-state index < -0.39 is 23.3 Å². The Kier molecular flexibility index (Phi) is 5.68. The first-order chi connectivity index (χ1) is 16.9. The molecule has 1 N–H and O–H groups in total. The number of carbonyl (C=O) groups is 1. The number of carbonyl (C=O) groups excluding carboxylic acids is 1. The smallest absolute Gasteiger partial charge is 0.324 e. The average Bonchev–Trinajstić information content (AvgIpc) is 3.61. The van der Waals surface area contributed by atoms with Crippen LogP contribution in [-0.2, 0) is 12.1 Å². The van der Waals surface area contributed by atoms with Gasteiger partial charge in [0.1, 0.15) is 29.9 Å². The quantitative estimate of drug-likeness (QED) is 0.427. The highest BCUT2D eigenvalue weighted by Gasteiger charge is 2.46. The van der Waals surface area contributed by atoms with Crippen LogP contribution in [0.15, 0.2) is 61.4 Å². The van der Waals surface area contributed by atoms with Gasteiger partial charge in [0.15, 0.2) is 6.33 Å². The fourth-order valence-electron chi connectivity index (χ4n) is 4.31. The second-order valence-corrected chi connectivity index (χ2v) is 8.19. The SMILES string of the molecule is CC(N1CCN(c2ccc(-n3ncnn3)cc2)C1=O)C(O)(Cn1cncn1)c1ccc(F)cc1F. The maximum atomic E-state index is 14.8. The first kappa shape index (κ1) is 22.5. The number of aromatic nitrogens is 7. The third-order valence-corrected chi connectivity index (χ3v) is 6.21. The Labute approximate surface area is 198 Å². The van der Waals surface area contributed by atoms with Gasteiger partial charge in [-0.15, -0.1) is 15.0 Å². The minimum absolute atomic E-state index is 0.141. The lowest BCUT2D eigenvalue weighted by Crippen LogP contribution is -2.53. The lowest BCUT2D eigenvalue weighted by molar-refractivity contribution is -0.0475. The first-order valence-corrected chi connectivity index (χ1v) is 10.8. The van der Waals surface area contributed by atoms with Crippen LogP contribution in [0, 0.1) is 11.6 Å². The number of anilines is 1. The standard InChI is InChI=1S/C22H21F2N9O2/c1-15(22(35,11-30-14-25-12-27-30)19-7-2-16(23)10-20(19)24)31-8-9-32(21(31)34)17-3-5-18(6-4-17)33-28-13-26-29-33/h2-7,10,12-15,35H,8-9,11H2,1H3. The number of halogens is 2. The van der Waals surface area contributed by atoms with E-state index in [0.717, 1.165) is 6.07 Å². The third-order valence-electron chi connectivity index (χ3n) is 6.21. The number of aliphatic hydroxyl groups is 1. The normalized spacial score (nSPS) is 16.5. The maximum Gasteiger partial charge on any atom is 0.324 e. The van der Waals surface area contributed by atoms with Crippen LogP contribution in [0.1, 0.15) is 12.5 Å².